The van der Waals surface area contributed by atoms with Crippen molar-refractivity contribution in [2.75, 3.05) is 20.2 Å². The highest BCUT2D eigenvalue weighted by molar-refractivity contribution is 5.95. The molecule has 0 aromatic heterocycles. The Labute approximate surface area is 120 Å². The van der Waals surface area contributed by atoms with Gasteiger partial charge in [0.05, 0.1) is 6.61 Å². The molecule has 0 spiro atoms. The minimum atomic E-state index is -0.00338. The van der Waals surface area contributed by atoms with Gasteiger partial charge in [0, 0.05) is 25.3 Å². The molecule has 1 heterocycles. The predicted molar refractivity (Wildman–Crippen MR) is 77.8 cm³/mol. The Bertz CT molecular complexity index is 406. The number of nitrogens with one attached hydrogen (secondary N) is 2. The van der Waals surface area contributed by atoms with Gasteiger partial charge in [-0.05, 0) is 31.0 Å². The Morgan fingerprint density at radius 2 is 2.26 bits per heavy atom. The zero-order valence-electron chi connectivity index (χ0n) is 11.1. The van der Waals surface area contributed by atoms with Gasteiger partial charge in [-0.2, -0.15) is 0 Å². The normalized spacial score (nSPS) is 18.5. The van der Waals surface area contributed by atoms with Gasteiger partial charge in [0.25, 0.3) is 5.91 Å². The molecule has 0 aliphatic carbocycles. The fraction of sp³-hybridized carbons (Fsp3) is 0.500. The standard InChI is InChI=1S/C14H20N2O2.ClH/c1-18-10-11-5-2-3-7-13(11)14(17)16-12-6-4-8-15-9-12;/h2-3,5,7,12,15H,4,6,8-10H2,1H3,(H,16,17);1H/t12-;/m0./s1. The van der Waals surface area contributed by atoms with Crippen LogP contribution in [-0.2, 0) is 11.3 Å². The van der Waals surface area contributed by atoms with E-state index in [1.165, 1.54) is 0 Å². The fourth-order valence-corrected chi connectivity index (χ4v) is 2.26. The van der Waals surface area contributed by atoms with Crippen molar-refractivity contribution in [2.24, 2.45) is 0 Å². The van der Waals surface area contributed by atoms with Crippen LogP contribution in [0, 0.1) is 0 Å². The molecule has 1 aromatic rings. The SMILES string of the molecule is COCc1ccccc1C(=O)N[C@H]1CCCNC1.Cl. The van der Waals surface area contributed by atoms with Gasteiger partial charge in [0.15, 0.2) is 0 Å². The molecule has 1 amide bonds. The summed E-state index contributed by atoms with van der Waals surface area (Å²) in [7, 11) is 1.64. The van der Waals surface area contributed by atoms with Crippen molar-refractivity contribution in [1.82, 2.24) is 10.6 Å². The quantitative estimate of drug-likeness (QED) is 0.885. The van der Waals surface area contributed by atoms with Crippen LogP contribution < -0.4 is 10.6 Å². The molecule has 1 fully saturated rings. The molecule has 1 aromatic carbocycles. The summed E-state index contributed by atoms with van der Waals surface area (Å²) in [6.07, 6.45) is 2.16. The Hall–Kier alpha value is -1.10. The van der Waals surface area contributed by atoms with Gasteiger partial charge in [0.2, 0.25) is 0 Å². The van der Waals surface area contributed by atoms with E-state index in [0.29, 0.717) is 12.2 Å². The summed E-state index contributed by atoms with van der Waals surface area (Å²) >= 11 is 0. The average Bonchev–Trinajstić information content (AvgIpc) is 2.41. The average molecular weight is 285 g/mol. The van der Waals surface area contributed by atoms with Crippen LogP contribution in [0.3, 0.4) is 0 Å². The summed E-state index contributed by atoms with van der Waals surface area (Å²) < 4.78 is 5.12. The topological polar surface area (TPSA) is 50.4 Å². The lowest BCUT2D eigenvalue weighted by molar-refractivity contribution is 0.0926. The number of hydrogen-bond donors (Lipinski definition) is 2. The van der Waals surface area contributed by atoms with Crippen molar-refractivity contribution >= 4 is 18.3 Å². The Kier molecular flexibility index (Phi) is 6.84. The van der Waals surface area contributed by atoms with Crippen LogP contribution >= 0.6 is 12.4 Å². The molecule has 1 saturated heterocycles. The van der Waals surface area contributed by atoms with Crippen LogP contribution in [0.2, 0.25) is 0 Å². The number of halogens is 1. The number of methoxy groups -OCH3 is 1. The lowest BCUT2D eigenvalue weighted by Crippen LogP contribution is -2.45. The highest BCUT2D eigenvalue weighted by Crippen LogP contribution is 2.11. The maximum atomic E-state index is 12.2. The second-order valence-electron chi connectivity index (χ2n) is 4.61. The van der Waals surface area contributed by atoms with Crippen molar-refractivity contribution in [3.63, 3.8) is 0 Å². The molecule has 106 valence electrons. The predicted octanol–water partition coefficient (Wildman–Crippen LogP) is 1.74. The molecule has 19 heavy (non-hydrogen) atoms. The summed E-state index contributed by atoms with van der Waals surface area (Å²) in [5.41, 5.74) is 1.64. The molecule has 2 N–H and O–H groups in total. The zero-order chi connectivity index (χ0) is 12.8. The van der Waals surface area contributed by atoms with Crippen LogP contribution in [0.15, 0.2) is 24.3 Å². The number of piperidine rings is 1. The van der Waals surface area contributed by atoms with E-state index in [1.54, 1.807) is 7.11 Å². The van der Waals surface area contributed by atoms with Gasteiger partial charge in [0.1, 0.15) is 0 Å². The summed E-state index contributed by atoms with van der Waals surface area (Å²) in [4.78, 5) is 12.2. The van der Waals surface area contributed by atoms with E-state index in [2.05, 4.69) is 10.6 Å². The Balaban J connectivity index is 0.00000180. The highest BCUT2D eigenvalue weighted by Gasteiger charge is 2.17. The van der Waals surface area contributed by atoms with Gasteiger partial charge < -0.3 is 15.4 Å². The van der Waals surface area contributed by atoms with Gasteiger partial charge in [-0.1, -0.05) is 18.2 Å². The minimum Gasteiger partial charge on any atom is -0.380 e. The van der Waals surface area contributed by atoms with E-state index in [1.807, 2.05) is 24.3 Å². The van der Waals surface area contributed by atoms with Gasteiger partial charge in [-0.15, -0.1) is 12.4 Å². The number of amides is 1. The number of carbonyl (C=O) groups is 1. The Morgan fingerprint density at radius 3 is 2.95 bits per heavy atom. The maximum absolute atomic E-state index is 12.2. The van der Waals surface area contributed by atoms with Crippen LogP contribution in [0.25, 0.3) is 0 Å². The summed E-state index contributed by atoms with van der Waals surface area (Å²) in [5, 5.41) is 6.37. The summed E-state index contributed by atoms with van der Waals surface area (Å²) in [5.74, 6) is -0.00338. The monoisotopic (exact) mass is 284 g/mol. The molecule has 0 unspecified atom stereocenters. The van der Waals surface area contributed by atoms with E-state index >= 15 is 0 Å². The molecular formula is C14H21ClN2O2. The smallest absolute Gasteiger partial charge is 0.251 e. The van der Waals surface area contributed by atoms with Crippen molar-refractivity contribution in [1.29, 1.82) is 0 Å². The largest absolute Gasteiger partial charge is 0.380 e. The Morgan fingerprint density at radius 1 is 1.47 bits per heavy atom. The molecule has 1 atom stereocenters. The zero-order valence-corrected chi connectivity index (χ0v) is 12.0. The van der Waals surface area contributed by atoms with Gasteiger partial charge in [-0.25, -0.2) is 0 Å². The second kappa shape index (κ2) is 8.15. The van der Waals surface area contributed by atoms with Crippen molar-refractivity contribution in [2.45, 2.75) is 25.5 Å². The maximum Gasteiger partial charge on any atom is 0.251 e. The highest BCUT2D eigenvalue weighted by atomic mass is 35.5. The number of hydrogen-bond acceptors (Lipinski definition) is 3. The molecule has 2 rings (SSSR count). The second-order valence-corrected chi connectivity index (χ2v) is 4.61. The number of ether oxygens (including phenoxy) is 1. The molecule has 0 radical (unpaired) electrons. The third-order valence-corrected chi connectivity index (χ3v) is 3.19. The van der Waals surface area contributed by atoms with Gasteiger partial charge >= 0.3 is 0 Å². The van der Waals surface area contributed by atoms with E-state index in [9.17, 15) is 4.79 Å². The minimum absolute atomic E-state index is 0. The van der Waals surface area contributed by atoms with E-state index in [0.717, 1.165) is 31.5 Å². The van der Waals surface area contributed by atoms with Crippen molar-refractivity contribution in [3.8, 4) is 0 Å². The molecule has 5 heteroatoms. The first kappa shape index (κ1) is 16.0. The number of carbonyl (C=O) groups excluding carboxylic acids is 1. The fourth-order valence-electron chi connectivity index (χ4n) is 2.26. The van der Waals surface area contributed by atoms with Gasteiger partial charge in [-0.3, -0.25) is 4.79 Å². The van der Waals surface area contributed by atoms with Crippen LogP contribution in [-0.4, -0.2) is 32.1 Å². The summed E-state index contributed by atoms with van der Waals surface area (Å²) in [6.45, 7) is 2.37. The third kappa shape index (κ3) is 4.49. The van der Waals surface area contributed by atoms with E-state index in [-0.39, 0.29) is 24.4 Å². The first-order valence-electron chi connectivity index (χ1n) is 6.39. The van der Waals surface area contributed by atoms with Crippen LogP contribution in [0.5, 0.6) is 0 Å². The first-order valence-corrected chi connectivity index (χ1v) is 6.39. The molecule has 1 aliphatic rings. The van der Waals surface area contributed by atoms with Crippen LogP contribution in [0.4, 0.5) is 0 Å². The van der Waals surface area contributed by atoms with Crippen molar-refractivity contribution < 1.29 is 9.53 Å². The number of benzene rings is 1. The molecule has 4 nitrogen and oxygen atoms in total. The third-order valence-electron chi connectivity index (χ3n) is 3.19. The lowest BCUT2D eigenvalue weighted by Gasteiger charge is -2.24. The summed E-state index contributed by atoms with van der Waals surface area (Å²) in [6, 6.07) is 7.82. The van der Waals surface area contributed by atoms with E-state index in [4.69, 9.17) is 4.74 Å². The van der Waals surface area contributed by atoms with Crippen molar-refractivity contribution in [3.05, 3.63) is 35.4 Å². The van der Waals surface area contributed by atoms with E-state index < -0.39 is 0 Å². The molecule has 0 bridgehead atoms. The molecule has 0 saturated carbocycles. The molecular weight excluding hydrogens is 264 g/mol. The number of rotatable bonds is 4. The lowest BCUT2D eigenvalue weighted by atomic mass is 10.0. The molecule has 1 aliphatic heterocycles. The van der Waals surface area contributed by atoms with Crippen LogP contribution in [0.1, 0.15) is 28.8 Å². The first-order chi connectivity index (χ1) is 8.81.